The van der Waals surface area contributed by atoms with Gasteiger partial charge in [0.05, 0.1) is 6.26 Å². The molecule has 1 heterocycles. The summed E-state index contributed by atoms with van der Waals surface area (Å²) in [6.07, 6.45) is 1.82. The van der Waals surface area contributed by atoms with Crippen molar-refractivity contribution in [3.8, 4) is 0 Å². The molecule has 0 saturated carbocycles. The fourth-order valence-electron chi connectivity index (χ4n) is 2.00. The quantitative estimate of drug-likeness (QED) is 0.832. The highest BCUT2D eigenvalue weighted by molar-refractivity contribution is 5.80. The Balaban J connectivity index is 2.08. The maximum atomic E-state index is 5.74. The number of furan rings is 1. The number of hydrogen-bond acceptors (Lipinski definition) is 3. The van der Waals surface area contributed by atoms with Gasteiger partial charge in [0.2, 0.25) is 0 Å². The Morgan fingerprint density at radius 3 is 2.76 bits per heavy atom. The van der Waals surface area contributed by atoms with Crippen LogP contribution in [0.1, 0.15) is 19.4 Å². The molecule has 1 atom stereocenters. The molecular weight excluding hydrogens is 212 g/mol. The lowest BCUT2D eigenvalue weighted by atomic mass is 10.0. The Bertz CT molecular complexity index is 476. The van der Waals surface area contributed by atoms with Crippen LogP contribution in [-0.2, 0) is 6.54 Å². The van der Waals surface area contributed by atoms with Crippen molar-refractivity contribution in [1.82, 2.24) is 5.32 Å². The SMILES string of the molecule is CC(C)C(CN)NCc1coc2ccccc12. The molecule has 0 aliphatic carbocycles. The predicted molar refractivity (Wildman–Crippen MR) is 70.7 cm³/mol. The normalized spacial score (nSPS) is 13.4. The fourth-order valence-corrected chi connectivity index (χ4v) is 2.00. The summed E-state index contributed by atoms with van der Waals surface area (Å²) in [5.41, 5.74) is 7.88. The van der Waals surface area contributed by atoms with E-state index in [0.29, 0.717) is 18.5 Å². The Hall–Kier alpha value is -1.32. The van der Waals surface area contributed by atoms with Crippen molar-refractivity contribution in [1.29, 1.82) is 0 Å². The number of rotatable bonds is 5. The zero-order chi connectivity index (χ0) is 12.3. The fraction of sp³-hybridized carbons (Fsp3) is 0.429. The van der Waals surface area contributed by atoms with Crippen LogP contribution in [0.2, 0.25) is 0 Å². The van der Waals surface area contributed by atoms with Gasteiger partial charge in [-0.3, -0.25) is 0 Å². The van der Waals surface area contributed by atoms with Crippen molar-refractivity contribution >= 4 is 11.0 Å². The van der Waals surface area contributed by atoms with Gasteiger partial charge in [0.1, 0.15) is 5.58 Å². The van der Waals surface area contributed by atoms with Crippen LogP contribution >= 0.6 is 0 Å². The van der Waals surface area contributed by atoms with Gasteiger partial charge in [-0.1, -0.05) is 32.0 Å². The number of benzene rings is 1. The van der Waals surface area contributed by atoms with Crippen LogP contribution in [0.4, 0.5) is 0 Å². The summed E-state index contributed by atoms with van der Waals surface area (Å²) < 4.78 is 5.50. The van der Waals surface area contributed by atoms with Gasteiger partial charge < -0.3 is 15.5 Å². The third-order valence-corrected chi connectivity index (χ3v) is 3.17. The summed E-state index contributed by atoms with van der Waals surface area (Å²) in [4.78, 5) is 0. The van der Waals surface area contributed by atoms with Crippen LogP contribution in [0.25, 0.3) is 11.0 Å². The molecule has 3 N–H and O–H groups in total. The summed E-state index contributed by atoms with van der Waals surface area (Å²) in [6, 6.07) is 8.44. The monoisotopic (exact) mass is 232 g/mol. The van der Waals surface area contributed by atoms with Gasteiger partial charge >= 0.3 is 0 Å². The van der Waals surface area contributed by atoms with Gasteiger partial charge in [0, 0.05) is 30.1 Å². The molecule has 0 fully saturated rings. The first-order valence-corrected chi connectivity index (χ1v) is 6.11. The molecule has 0 spiro atoms. The predicted octanol–water partition coefficient (Wildman–Crippen LogP) is 2.51. The minimum atomic E-state index is 0.351. The minimum absolute atomic E-state index is 0.351. The molecule has 3 nitrogen and oxygen atoms in total. The van der Waals surface area contributed by atoms with Crippen molar-refractivity contribution in [2.24, 2.45) is 11.7 Å². The van der Waals surface area contributed by atoms with Crippen molar-refractivity contribution in [3.63, 3.8) is 0 Å². The van der Waals surface area contributed by atoms with Crippen molar-refractivity contribution in [2.75, 3.05) is 6.54 Å². The van der Waals surface area contributed by atoms with Gasteiger partial charge in [0.25, 0.3) is 0 Å². The van der Waals surface area contributed by atoms with E-state index in [4.69, 9.17) is 10.2 Å². The largest absolute Gasteiger partial charge is 0.464 e. The zero-order valence-corrected chi connectivity index (χ0v) is 10.4. The number of para-hydroxylation sites is 1. The number of hydrogen-bond donors (Lipinski definition) is 2. The minimum Gasteiger partial charge on any atom is -0.464 e. The molecule has 3 heteroatoms. The zero-order valence-electron chi connectivity index (χ0n) is 10.4. The Morgan fingerprint density at radius 1 is 1.29 bits per heavy atom. The highest BCUT2D eigenvalue weighted by Crippen LogP contribution is 2.20. The molecule has 0 aliphatic heterocycles. The van der Waals surface area contributed by atoms with E-state index >= 15 is 0 Å². The average Bonchev–Trinajstić information content (AvgIpc) is 2.73. The second-order valence-electron chi connectivity index (χ2n) is 4.72. The van der Waals surface area contributed by atoms with Crippen molar-refractivity contribution in [3.05, 3.63) is 36.1 Å². The Labute approximate surface area is 102 Å². The lowest BCUT2D eigenvalue weighted by molar-refractivity contribution is 0.404. The number of nitrogens with one attached hydrogen (secondary N) is 1. The van der Waals surface area contributed by atoms with Crippen LogP contribution in [0, 0.1) is 5.92 Å². The van der Waals surface area contributed by atoms with Crippen molar-refractivity contribution < 1.29 is 4.42 Å². The van der Waals surface area contributed by atoms with Crippen LogP contribution in [0.15, 0.2) is 34.9 Å². The molecule has 2 rings (SSSR count). The maximum Gasteiger partial charge on any atom is 0.134 e. The van der Waals surface area contributed by atoms with E-state index in [2.05, 4.69) is 25.2 Å². The standard InChI is InChI=1S/C14H20N2O/c1-10(2)13(7-15)16-8-11-9-17-14-6-4-3-5-12(11)14/h3-6,9-10,13,16H,7-8,15H2,1-2H3. The van der Waals surface area contributed by atoms with E-state index in [0.717, 1.165) is 12.1 Å². The van der Waals surface area contributed by atoms with E-state index in [1.54, 1.807) is 0 Å². The van der Waals surface area contributed by atoms with Gasteiger partial charge in [-0.15, -0.1) is 0 Å². The average molecular weight is 232 g/mol. The molecule has 1 aromatic carbocycles. The molecule has 0 radical (unpaired) electrons. The summed E-state index contributed by atoms with van der Waals surface area (Å²) >= 11 is 0. The van der Waals surface area contributed by atoms with E-state index in [1.807, 2.05) is 24.5 Å². The third kappa shape index (κ3) is 2.68. The van der Waals surface area contributed by atoms with Gasteiger partial charge in [-0.2, -0.15) is 0 Å². The second-order valence-corrected chi connectivity index (χ2v) is 4.72. The first-order chi connectivity index (χ1) is 8.22. The summed E-state index contributed by atoms with van der Waals surface area (Å²) in [6.45, 7) is 5.82. The van der Waals surface area contributed by atoms with Crippen molar-refractivity contribution in [2.45, 2.75) is 26.4 Å². The van der Waals surface area contributed by atoms with Crippen LogP contribution < -0.4 is 11.1 Å². The molecule has 1 unspecified atom stereocenters. The highest BCUT2D eigenvalue weighted by Gasteiger charge is 2.12. The van der Waals surface area contributed by atoms with Gasteiger partial charge in [0.15, 0.2) is 0 Å². The van der Waals surface area contributed by atoms with Crippen LogP contribution in [0.5, 0.6) is 0 Å². The molecule has 1 aromatic heterocycles. The highest BCUT2D eigenvalue weighted by atomic mass is 16.3. The molecule has 17 heavy (non-hydrogen) atoms. The molecule has 0 aliphatic rings. The second kappa shape index (κ2) is 5.34. The van der Waals surface area contributed by atoms with Gasteiger partial charge in [-0.05, 0) is 12.0 Å². The third-order valence-electron chi connectivity index (χ3n) is 3.17. The number of fused-ring (bicyclic) bond motifs is 1. The van der Waals surface area contributed by atoms with E-state index < -0.39 is 0 Å². The van der Waals surface area contributed by atoms with Crippen LogP contribution in [0.3, 0.4) is 0 Å². The summed E-state index contributed by atoms with van der Waals surface area (Å²) in [5, 5.41) is 4.66. The first kappa shape index (κ1) is 12.1. The van der Waals surface area contributed by atoms with E-state index in [1.165, 1.54) is 10.9 Å². The lowest BCUT2D eigenvalue weighted by Gasteiger charge is -2.20. The Morgan fingerprint density at radius 2 is 2.06 bits per heavy atom. The topological polar surface area (TPSA) is 51.2 Å². The molecular formula is C14H20N2O. The lowest BCUT2D eigenvalue weighted by Crippen LogP contribution is -2.39. The summed E-state index contributed by atoms with van der Waals surface area (Å²) in [7, 11) is 0. The smallest absolute Gasteiger partial charge is 0.134 e. The molecule has 0 amide bonds. The Kier molecular flexibility index (Phi) is 3.82. The maximum absolute atomic E-state index is 5.74. The molecule has 92 valence electrons. The van der Waals surface area contributed by atoms with E-state index in [9.17, 15) is 0 Å². The van der Waals surface area contributed by atoms with Gasteiger partial charge in [-0.25, -0.2) is 0 Å². The first-order valence-electron chi connectivity index (χ1n) is 6.11. The summed E-state index contributed by atoms with van der Waals surface area (Å²) in [5.74, 6) is 0.540. The van der Waals surface area contributed by atoms with Crippen LogP contribution in [-0.4, -0.2) is 12.6 Å². The number of nitrogens with two attached hydrogens (primary N) is 1. The molecule has 0 saturated heterocycles. The van der Waals surface area contributed by atoms with E-state index in [-0.39, 0.29) is 0 Å². The molecule has 0 bridgehead atoms. The molecule has 2 aromatic rings.